The van der Waals surface area contributed by atoms with Gasteiger partial charge in [0.25, 0.3) is 0 Å². The van der Waals surface area contributed by atoms with Gasteiger partial charge in [-0.15, -0.1) is 0 Å². The Morgan fingerprint density at radius 3 is 2.81 bits per heavy atom. The molecule has 2 rings (SSSR count). The summed E-state index contributed by atoms with van der Waals surface area (Å²) in [5.41, 5.74) is 0.196. The molecule has 1 aliphatic heterocycles. The van der Waals surface area contributed by atoms with Crippen molar-refractivity contribution in [2.24, 2.45) is 0 Å². The molecule has 1 saturated heterocycles. The summed E-state index contributed by atoms with van der Waals surface area (Å²) in [6.45, 7) is 5.61. The van der Waals surface area contributed by atoms with Crippen molar-refractivity contribution in [3.63, 3.8) is 0 Å². The second kappa shape index (κ2) is 6.35. The normalized spacial score (nSPS) is 22.4. The van der Waals surface area contributed by atoms with Crippen LogP contribution in [0.5, 0.6) is 11.5 Å². The topological polar surface area (TPSA) is 70.0 Å². The molecule has 0 aliphatic carbocycles. The molecule has 1 unspecified atom stereocenters. The zero-order valence-electron chi connectivity index (χ0n) is 12.6. The van der Waals surface area contributed by atoms with Crippen LogP contribution < -0.4 is 4.74 Å². The van der Waals surface area contributed by atoms with Crippen LogP contribution in [0.2, 0.25) is 0 Å². The van der Waals surface area contributed by atoms with Gasteiger partial charge < -0.3 is 14.9 Å². The molecule has 0 spiro atoms. The van der Waals surface area contributed by atoms with Crippen LogP contribution in [0.25, 0.3) is 0 Å². The fourth-order valence-electron chi connectivity index (χ4n) is 3.11. The number of aliphatic carboxylic acids is 1. The number of benzene rings is 1. The van der Waals surface area contributed by atoms with Crippen LogP contribution in [0.15, 0.2) is 18.2 Å². The molecule has 5 heteroatoms. The molecule has 1 aliphatic rings. The predicted octanol–water partition coefficient (Wildman–Crippen LogP) is 2.62. The van der Waals surface area contributed by atoms with E-state index in [9.17, 15) is 15.0 Å². The second-order valence-corrected chi connectivity index (χ2v) is 5.45. The van der Waals surface area contributed by atoms with Crippen molar-refractivity contribution in [3.8, 4) is 11.5 Å². The molecule has 0 amide bonds. The molecule has 1 fully saturated rings. The van der Waals surface area contributed by atoms with Gasteiger partial charge in [0.2, 0.25) is 0 Å². The Balaban J connectivity index is 2.21. The van der Waals surface area contributed by atoms with E-state index < -0.39 is 11.5 Å². The number of carboxylic acids is 1. The molecule has 1 atom stereocenters. The molecule has 1 aromatic carbocycles. The van der Waals surface area contributed by atoms with Crippen LogP contribution in [-0.4, -0.2) is 39.8 Å². The lowest BCUT2D eigenvalue weighted by molar-refractivity contribution is -0.150. The fourth-order valence-corrected chi connectivity index (χ4v) is 3.11. The first-order valence-electron chi connectivity index (χ1n) is 7.46. The molecule has 0 aromatic heterocycles. The van der Waals surface area contributed by atoms with Crippen molar-refractivity contribution in [2.75, 3.05) is 13.2 Å². The summed E-state index contributed by atoms with van der Waals surface area (Å²) in [5.74, 6) is -0.181. The van der Waals surface area contributed by atoms with Crippen molar-refractivity contribution >= 4 is 5.97 Å². The van der Waals surface area contributed by atoms with Crippen molar-refractivity contribution in [2.45, 2.75) is 45.2 Å². The zero-order valence-corrected chi connectivity index (χ0v) is 12.6. The SMILES string of the molecule is CCOc1cc(CN2CCCC2(CC)C(=O)O)ccc1O. The Bertz CT molecular complexity index is 517. The van der Waals surface area contributed by atoms with Gasteiger partial charge in [-0.2, -0.15) is 0 Å². The zero-order chi connectivity index (χ0) is 15.5. The lowest BCUT2D eigenvalue weighted by Gasteiger charge is -2.34. The van der Waals surface area contributed by atoms with Crippen LogP contribution in [0.4, 0.5) is 0 Å². The van der Waals surface area contributed by atoms with Gasteiger partial charge in [0.05, 0.1) is 6.61 Å². The van der Waals surface area contributed by atoms with E-state index in [0.717, 1.165) is 18.5 Å². The summed E-state index contributed by atoms with van der Waals surface area (Å²) in [6.07, 6.45) is 2.19. The smallest absolute Gasteiger partial charge is 0.324 e. The van der Waals surface area contributed by atoms with Crippen LogP contribution in [0.3, 0.4) is 0 Å². The maximum atomic E-state index is 11.7. The maximum absolute atomic E-state index is 11.7. The number of ether oxygens (including phenoxy) is 1. The third-order valence-electron chi connectivity index (χ3n) is 4.30. The average molecular weight is 293 g/mol. The molecule has 0 saturated carbocycles. The van der Waals surface area contributed by atoms with Crippen molar-refractivity contribution in [1.82, 2.24) is 4.90 Å². The van der Waals surface area contributed by atoms with Gasteiger partial charge in [-0.05, 0) is 50.4 Å². The van der Waals surface area contributed by atoms with E-state index in [0.29, 0.717) is 31.7 Å². The van der Waals surface area contributed by atoms with Gasteiger partial charge in [0.15, 0.2) is 11.5 Å². The Labute approximate surface area is 125 Å². The second-order valence-electron chi connectivity index (χ2n) is 5.45. The van der Waals surface area contributed by atoms with Gasteiger partial charge in [-0.25, -0.2) is 0 Å². The van der Waals surface area contributed by atoms with Gasteiger partial charge in [0, 0.05) is 6.54 Å². The number of phenols is 1. The molecule has 0 radical (unpaired) electrons. The minimum atomic E-state index is -0.760. The van der Waals surface area contributed by atoms with Crippen LogP contribution >= 0.6 is 0 Å². The number of nitrogens with zero attached hydrogens (tertiary/aromatic N) is 1. The highest BCUT2D eigenvalue weighted by molar-refractivity contribution is 5.79. The van der Waals surface area contributed by atoms with Crippen LogP contribution in [0.1, 0.15) is 38.7 Å². The van der Waals surface area contributed by atoms with E-state index in [1.54, 1.807) is 12.1 Å². The third kappa shape index (κ3) is 2.97. The lowest BCUT2D eigenvalue weighted by atomic mass is 9.92. The largest absolute Gasteiger partial charge is 0.504 e. The van der Waals surface area contributed by atoms with Crippen molar-refractivity contribution < 1.29 is 19.7 Å². The van der Waals surface area contributed by atoms with E-state index in [-0.39, 0.29) is 5.75 Å². The molecule has 1 aromatic rings. The minimum absolute atomic E-state index is 0.113. The summed E-state index contributed by atoms with van der Waals surface area (Å²) in [5, 5.41) is 19.3. The number of rotatable bonds is 6. The predicted molar refractivity (Wildman–Crippen MR) is 79.6 cm³/mol. The van der Waals surface area contributed by atoms with Crippen molar-refractivity contribution in [3.05, 3.63) is 23.8 Å². The van der Waals surface area contributed by atoms with E-state index in [4.69, 9.17) is 4.74 Å². The molecule has 1 heterocycles. The third-order valence-corrected chi connectivity index (χ3v) is 4.30. The fraction of sp³-hybridized carbons (Fsp3) is 0.562. The van der Waals surface area contributed by atoms with E-state index in [2.05, 4.69) is 0 Å². The summed E-state index contributed by atoms with van der Waals surface area (Å²) in [7, 11) is 0. The van der Waals surface area contributed by atoms with Gasteiger partial charge in [0.1, 0.15) is 5.54 Å². The molecule has 116 valence electrons. The highest BCUT2D eigenvalue weighted by atomic mass is 16.5. The Morgan fingerprint density at radius 2 is 2.19 bits per heavy atom. The number of hydrogen-bond acceptors (Lipinski definition) is 4. The molecule has 2 N–H and O–H groups in total. The first-order chi connectivity index (χ1) is 10.0. The van der Waals surface area contributed by atoms with E-state index >= 15 is 0 Å². The maximum Gasteiger partial charge on any atom is 0.324 e. The van der Waals surface area contributed by atoms with Crippen LogP contribution in [0, 0.1) is 0 Å². The van der Waals surface area contributed by atoms with E-state index in [1.165, 1.54) is 0 Å². The standard InChI is InChI=1S/C16H23NO4/c1-3-16(15(19)20)8-5-9-17(16)11-12-6-7-13(18)14(10-12)21-4-2/h6-7,10,18H,3-5,8-9,11H2,1-2H3,(H,19,20). The Morgan fingerprint density at radius 1 is 1.43 bits per heavy atom. The van der Waals surface area contributed by atoms with E-state index in [1.807, 2.05) is 24.8 Å². The number of likely N-dealkylation sites (tertiary alicyclic amines) is 1. The van der Waals surface area contributed by atoms with Gasteiger partial charge >= 0.3 is 5.97 Å². The minimum Gasteiger partial charge on any atom is -0.504 e. The highest BCUT2D eigenvalue weighted by Crippen LogP contribution is 2.35. The van der Waals surface area contributed by atoms with Gasteiger partial charge in [-0.1, -0.05) is 13.0 Å². The quantitative estimate of drug-likeness (QED) is 0.843. The first kappa shape index (κ1) is 15.6. The number of hydrogen-bond donors (Lipinski definition) is 2. The first-order valence-corrected chi connectivity index (χ1v) is 7.46. The number of carbonyl (C=O) groups is 1. The number of phenolic OH excluding ortho intramolecular Hbond substituents is 1. The van der Waals surface area contributed by atoms with Crippen molar-refractivity contribution in [1.29, 1.82) is 0 Å². The van der Waals surface area contributed by atoms with Crippen LogP contribution in [-0.2, 0) is 11.3 Å². The highest BCUT2D eigenvalue weighted by Gasteiger charge is 2.45. The molecule has 0 bridgehead atoms. The molecule has 5 nitrogen and oxygen atoms in total. The summed E-state index contributed by atoms with van der Waals surface area (Å²) >= 11 is 0. The van der Waals surface area contributed by atoms with Gasteiger partial charge in [-0.3, -0.25) is 9.69 Å². The summed E-state index contributed by atoms with van der Waals surface area (Å²) in [6, 6.07) is 5.21. The Kier molecular flexibility index (Phi) is 4.73. The monoisotopic (exact) mass is 293 g/mol. The number of aromatic hydroxyl groups is 1. The summed E-state index contributed by atoms with van der Waals surface area (Å²) < 4.78 is 5.38. The molecular formula is C16H23NO4. The Hall–Kier alpha value is -1.75. The average Bonchev–Trinajstić information content (AvgIpc) is 2.87. The lowest BCUT2D eigenvalue weighted by Crippen LogP contribution is -2.49. The number of carboxylic acid groups (broad SMARTS) is 1. The molecule has 21 heavy (non-hydrogen) atoms. The molecular weight excluding hydrogens is 270 g/mol. The summed E-state index contributed by atoms with van der Waals surface area (Å²) in [4.78, 5) is 13.7.